The third-order valence-electron chi connectivity index (χ3n) is 7.86. The van der Waals surface area contributed by atoms with Gasteiger partial charge in [0.25, 0.3) is 11.8 Å². The van der Waals surface area contributed by atoms with Gasteiger partial charge in [0.2, 0.25) is 0 Å². The Hall–Kier alpha value is -6.18. The third kappa shape index (κ3) is 9.13. The van der Waals surface area contributed by atoms with Crippen LogP contribution in [0.15, 0.2) is 73.3 Å². The van der Waals surface area contributed by atoms with Crippen molar-refractivity contribution >= 4 is 35.2 Å². The number of rotatable bonds is 13. The fourth-order valence-corrected chi connectivity index (χ4v) is 5.14. The number of anilines is 1. The molecule has 0 spiro atoms. The minimum Gasteiger partial charge on any atom is -0.497 e. The average molecular weight is 720 g/mol. The number of esters is 1. The number of amides is 2. The quantitative estimate of drug-likeness (QED) is 0.0828. The summed E-state index contributed by atoms with van der Waals surface area (Å²) in [5, 5.41) is 12.2. The van der Waals surface area contributed by atoms with Crippen LogP contribution in [0.25, 0.3) is 17.0 Å². The summed E-state index contributed by atoms with van der Waals surface area (Å²) < 4.78 is 55.5. The lowest BCUT2D eigenvalue weighted by Gasteiger charge is -2.17. The number of methoxy groups -OCH3 is 2. The molecular formula is C38H36F3N3O8. The van der Waals surface area contributed by atoms with E-state index in [9.17, 15) is 37.5 Å². The zero-order valence-corrected chi connectivity index (χ0v) is 29.0. The summed E-state index contributed by atoms with van der Waals surface area (Å²) in [6, 6.07) is 14.7. The Labute approximate surface area is 297 Å². The van der Waals surface area contributed by atoms with Crippen LogP contribution in [0, 0.1) is 6.92 Å². The molecule has 1 aromatic heterocycles. The molecular weight excluding hydrogens is 683 g/mol. The molecule has 0 saturated carbocycles. The SMILES string of the molecule is C=C(OC)c1cc(C(=O)O)cc(OC)c1OC(=O)CCCc1ccc(NC(=O)c2ccc(C)nc2-c2ccc(C(F)(F)F)cc2)c(C(=O)N(C)C)c1. The molecule has 1 heterocycles. The third-order valence-corrected chi connectivity index (χ3v) is 7.86. The van der Waals surface area contributed by atoms with E-state index in [1.165, 1.54) is 49.5 Å². The summed E-state index contributed by atoms with van der Waals surface area (Å²) in [5.74, 6) is -2.90. The van der Waals surface area contributed by atoms with Gasteiger partial charge in [0, 0.05) is 31.8 Å². The minimum absolute atomic E-state index is 0.00109. The molecule has 52 heavy (non-hydrogen) atoms. The Kier molecular flexibility index (Phi) is 12.1. The number of benzene rings is 3. The largest absolute Gasteiger partial charge is 0.497 e. The van der Waals surface area contributed by atoms with Gasteiger partial charge in [-0.2, -0.15) is 13.2 Å². The second kappa shape index (κ2) is 16.2. The lowest BCUT2D eigenvalue weighted by molar-refractivity contribution is -0.137. The van der Waals surface area contributed by atoms with Crippen LogP contribution < -0.4 is 14.8 Å². The fraction of sp³-hybridized carbons (Fsp3) is 0.237. The predicted octanol–water partition coefficient (Wildman–Crippen LogP) is 7.28. The second-order valence-electron chi connectivity index (χ2n) is 11.8. The number of hydrogen-bond acceptors (Lipinski definition) is 8. The van der Waals surface area contributed by atoms with Crippen molar-refractivity contribution in [1.29, 1.82) is 0 Å². The molecule has 0 radical (unpaired) electrons. The van der Waals surface area contributed by atoms with Gasteiger partial charge in [-0.15, -0.1) is 0 Å². The van der Waals surface area contributed by atoms with Crippen LogP contribution in [0.5, 0.6) is 11.5 Å². The fourth-order valence-electron chi connectivity index (χ4n) is 5.14. The van der Waals surface area contributed by atoms with Crippen LogP contribution in [-0.2, 0) is 22.1 Å². The summed E-state index contributed by atoms with van der Waals surface area (Å²) in [7, 11) is 5.73. The number of alkyl halides is 3. The first kappa shape index (κ1) is 38.6. The van der Waals surface area contributed by atoms with Gasteiger partial charge < -0.3 is 29.5 Å². The first-order chi connectivity index (χ1) is 24.5. The molecule has 2 N–H and O–H groups in total. The van der Waals surface area contributed by atoms with E-state index in [2.05, 4.69) is 16.9 Å². The molecule has 0 unspecified atom stereocenters. The van der Waals surface area contributed by atoms with Crippen molar-refractivity contribution < 1.29 is 51.7 Å². The monoisotopic (exact) mass is 719 g/mol. The summed E-state index contributed by atoms with van der Waals surface area (Å²) in [6.45, 7) is 5.43. The molecule has 0 fully saturated rings. The van der Waals surface area contributed by atoms with E-state index in [1.54, 1.807) is 45.3 Å². The van der Waals surface area contributed by atoms with Crippen molar-refractivity contribution in [2.45, 2.75) is 32.4 Å². The molecule has 11 nitrogen and oxygen atoms in total. The highest BCUT2D eigenvalue weighted by Gasteiger charge is 2.30. The number of carbonyl (C=O) groups excluding carboxylic acids is 3. The maximum atomic E-state index is 13.6. The lowest BCUT2D eigenvalue weighted by Crippen LogP contribution is -2.24. The van der Waals surface area contributed by atoms with Gasteiger partial charge in [-0.1, -0.05) is 24.8 Å². The van der Waals surface area contributed by atoms with E-state index in [1.807, 2.05) is 0 Å². The van der Waals surface area contributed by atoms with E-state index in [0.717, 1.165) is 12.1 Å². The highest BCUT2D eigenvalue weighted by atomic mass is 19.4. The molecule has 0 atom stereocenters. The Bertz CT molecular complexity index is 2030. The maximum Gasteiger partial charge on any atom is 0.416 e. The van der Waals surface area contributed by atoms with Gasteiger partial charge in [-0.3, -0.25) is 19.4 Å². The lowest BCUT2D eigenvalue weighted by atomic mass is 10.0. The molecule has 4 aromatic rings. The van der Waals surface area contributed by atoms with E-state index < -0.39 is 35.5 Å². The Balaban J connectivity index is 1.53. The Morgan fingerprint density at radius 1 is 0.923 bits per heavy atom. The van der Waals surface area contributed by atoms with Gasteiger partial charge in [-0.05, 0) is 73.9 Å². The number of nitrogens with zero attached hydrogens (tertiary/aromatic N) is 2. The smallest absolute Gasteiger partial charge is 0.416 e. The number of pyridine rings is 1. The first-order valence-corrected chi connectivity index (χ1v) is 15.7. The Morgan fingerprint density at radius 3 is 2.21 bits per heavy atom. The molecule has 0 aliphatic carbocycles. The summed E-state index contributed by atoms with van der Waals surface area (Å²) in [4.78, 5) is 57.1. The van der Waals surface area contributed by atoms with E-state index >= 15 is 0 Å². The van der Waals surface area contributed by atoms with E-state index in [4.69, 9.17) is 14.2 Å². The number of carbonyl (C=O) groups is 4. The van der Waals surface area contributed by atoms with Crippen LogP contribution in [0.2, 0.25) is 0 Å². The molecule has 14 heteroatoms. The molecule has 272 valence electrons. The topological polar surface area (TPSA) is 144 Å². The highest BCUT2D eigenvalue weighted by Crippen LogP contribution is 2.37. The van der Waals surface area contributed by atoms with Crippen molar-refractivity contribution in [2.24, 2.45) is 0 Å². The van der Waals surface area contributed by atoms with Crippen LogP contribution in [0.4, 0.5) is 18.9 Å². The summed E-state index contributed by atoms with van der Waals surface area (Å²) in [6.07, 6.45) is -3.96. The van der Waals surface area contributed by atoms with Crippen LogP contribution >= 0.6 is 0 Å². The van der Waals surface area contributed by atoms with E-state index in [0.29, 0.717) is 29.7 Å². The van der Waals surface area contributed by atoms with Crippen molar-refractivity contribution in [3.8, 4) is 22.8 Å². The number of carboxylic acid groups (broad SMARTS) is 1. The minimum atomic E-state index is -4.53. The van der Waals surface area contributed by atoms with Gasteiger partial charge in [0.05, 0.1) is 53.4 Å². The van der Waals surface area contributed by atoms with E-state index in [-0.39, 0.29) is 57.3 Å². The van der Waals surface area contributed by atoms with Crippen LogP contribution in [0.1, 0.15) is 66.3 Å². The maximum absolute atomic E-state index is 13.6. The summed E-state index contributed by atoms with van der Waals surface area (Å²) >= 11 is 0. The van der Waals surface area contributed by atoms with Crippen molar-refractivity contribution in [2.75, 3.05) is 33.6 Å². The van der Waals surface area contributed by atoms with Gasteiger partial charge in [0.1, 0.15) is 5.76 Å². The van der Waals surface area contributed by atoms with Crippen molar-refractivity contribution in [3.05, 3.63) is 112 Å². The zero-order valence-electron chi connectivity index (χ0n) is 29.0. The molecule has 0 bridgehead atoms. The van der Waals surface area contributed by atoms with Crippen LogP contribution in [0.3, 0.4) is 0 Å². The molecule has 0 aliphatic rings. The summed E-state index contributed by atoms with van der Waals surface area (Å²) in [5.41, 5.74) is 1.30. The number of aryl methyl sites for hydroxylation is 2. The number of nitrogens with one attached hydrogen (secondary N) is 1. The molecule has 3 aromatic carbocycles. The van der Waals surface area contributed by atoms with Crippen LogP contribution in [-0.4, -0.2) is 67.1 Å². The first-order valence-electron chi connectivity index (χ1n) is 15.7. The highest BCUT2D eigenvalue weighted by molar-refractivity contribution is 6.11. The zero-order chi connectivity index (χ0) is 38.3. The molecule has 4 rings (SSSR count). The predicted molar refractivity (Wildman–Crippen MR) is 186 cm³/mol. The number of aromatic carboxylic acids is 1. The van der Waals surface area contributed by atoms with Crippen molar-refractivity contribution in [1.82, 2.24) is 9.88 Å². The second-order valence-corrected chi connectivity index (χ2v) is 11.8. The average Bonchev–Trinajstić information content (AvgIpc) is 3.10. The van der Waals surface area contributed by atoms with Gasteiger partial charge >= 0.3 is 18.1 Å². The number of aromatic nitrogens is 1. The number of halogens is 3. The number of carboxylic acids is 1. The normalized spacial score (nSPS) is 11.0. The molecule has 2 amide bonds. The standard InChI is InChI=1S/C38H36F3N3O8/c1-21-10-16-27(33(42-21)24-12-14-26(15-13-24)38(39,40)41)35(46)43-30-17-11-23(18-29(30)36(47)44(3)4)8-7-9-32(45)52-34-28(22(2)50-5)19-25(37(48)49)20-31(34)51-6/h10-20H,2,7-9H2,1,3-6H3,(H,43,46)(H,48,49). The van der Waals surface area contributed by atoms with Gasteiger partial charge in [-0.25, -0.2) is 4.79 Å². The Morgan fingerprint density at radius 2 is 1.62 bits per heavy atom. The number of hydrogen-bond donors (Lipinski definition) is 2. The number of ether oxygens (including phenoxy) is 3. The van der Waals surface area contributed by atoms with Crippen molar-refractivity contribution in [3.63, 3.8) is 0 Å². The molecule has 0 saturated heterocycles. The van der Waals surface area contributed by atoms with Gasteiger partial charge in [0.15, 0.2) is 11.5 Å². The molecule has 0 aliphatic heterocycles.